The number of aromatic nitrogens is 2. The molecule has 0 aromatic carbocycles. The number of fused-ring (bicyclic) bond motifs is 1. The Balaban J connectivity index is 2.07. The first-order valence-electron chi connectivity index (χ1n) is 5.30. The fraction of sp³-hybridized carbons (Fsp3) is 0.417. The van der Waals surface area contributed by atoms with Crippen LogP contribution in [-0.2, 0) is 0 Å². The van der Waals surface area contributed by atoms with E-state index in [4.69, 9.17) is 5.73 Å². The zero-order valence-corrected chi connectivity index (χ0v) is 9.01. The Labute approximate surface area is 88.9 Å². The van der Waals surface area contributed by atoms with E-state index in [1.54, 1.807) is 0 Å². The number of pyridine rings is 1. The summed E-state index contributed by atoms with van der Waals surface area (Å²) in [7, 11) is 0. The summed E-state index contributed by atoms with van der Waals surface area (Å²) in [6.45, 7) is 4.40. The lowest BCUT2D eigenvalue weighted by Gasteiger charge is -1.96. The minimum absolute atomic E-state index is 0.206. The van der Waals surface area contributed by atoms with Crippen LogP contribution in [0.5, 0.6) is 0 Å². The molecule has 3 heteroatoms. The number of nitrogens with zero attached hydrogens (tertiary/aromatic N) is 2. The minimum atomic E-state index is 0.206. The monoisotopic (exact) mass is 201 g/mol. The first-order valence-corrected chi connectivity index (χ1v) is 5.30. The van der Waals surface area contributed by atoms with Gasteiger partial charge in [0.05, 0.1) is 5.69 Å². The molecule has 1 aliphatic rings. The molecule has 1 saturated carbocycles. The zero-order chi connectivity index (χ0) is 10.6. The summed E-state index contributed by atoms with van der Waals surface area (Å²) in [5.74, 6) is 0.414. The molecule has 2 aromatic heterocycles. The molecule has 2 heterocycles. The number of hydrogen-bond donors (Lipinski definition) is 1. The molecule has 2 N–H and O–H groups in total. The van der Waals surface area contributed by atoms with Crippen molar-refractivity contribution in [3.63, 3.8) is 0 Å². The molecule has 2 unspecified atom stereocenters. The molecule has 15 heavy (non-hydrogen) atoms. The van der Waals surface area contributed by atoms with Crippen LogP contribution in [0.1, 0.15) is 25.5 Å². The summed E-state index contributed by atoms with van der Waals surface area (Å²) in [5, 5.41) is 0. The highest BCUT2D eigenvalue weighted by Crippen LogP contribution is 2.56. The molecule has 0 spiro atoms. The van der Waals surface area contributed by atoms with E-state index >= 15 is 0 Å². The third kappa shape index (κ3) is 1.13. The van der Waals surface area contributed by atoms with Gasteiger partial charge in [-0.3, -0.25) is 0 Å². The zero-order valence-electron chi connectivity index (χ0n) is 9.01. The van der Waals surface area contributed by atoms with Crippen molar-refractivity contribution in [2.75, 3.05) is 0 Å². The number of rotatable bonds is 1. The van der Waals surface area contributed by atoms with E-state index in [-0.39, 0.29) is 11.5 Å². The third-order valence-electron chi connectivity index (χ3n) is 3.61. The Morgan fingerprint density at radius 2 is 2.13 bits per heavy atom. The van der Waals surface area contributed by atoms with Crippen LogP contribution in [0, 0.1) is 5.41 Å². The summed E-state index contributed by atoms with van der Waals surface area (Å²) in [6.07, 6.45) is 4.11. The van der Waals surface area contributed by atoms with Crippen molar-refractivity contribution in [2.45, 2.75) is 25.8 Å². The van der Waals surface area contributed by atoms with E-state index < -0.39 is 0 Å². The second-order valence-corrected chi connectivity index (χ2v) is 4.96. The molecular formula is C12H15N3. The van der Waals surface area contributed by atoms with E-state index in [2.05, 4.69) is 29.4 Å². The van der Waals surface area contributed by atoms with Gasteiger partial charge in [0.15, 0.2) is 0 Å². The lowest BCUT2D eigenvalue weighted by molar-refractivity contribution is 0.596. The van der Waals surface area contributed by atoms with Gasteiger partial charge in [-0.05, 0) is 17.5 Å². The topological polar surface area (TPSA) is 43.3 Å². The molecule has 0 radical (unpaired) electrons. The predicted octanol–water partition coefficient (Wildman–Crippen LogP) is 1.78. The molecule has 1 fully saturated rings. The maximum Gasteiger partial charge on any atom is 0.136 e. The highest BCUT2D eigenvalue weighted by atomic mass is 15.0. The fourth-order valence-corrected chi connectivity index (χ4v) is 2.35. The molecule has 0 bridgehead atoms. The van der Waals surface area contributed by atoms with Crippen LogP contribution >= 0.6 is 0 Å². The largest absolute Gasteiger partial charge is 0.327 e. The summed E-state index contributed by atoms with van der Waals surface area (Å²) >= 11 is 0. The Kier molecular flexibility index (Phi) is 1.55. The fourth-order valence-electron chi connectivity index (χ4n) is 2.35. The lowest BCUT2D eigenvalue weighted by Crippen LogP contribution is -2.06. The smallest absolute Gasteiger partial charge is 0.136 e. The standard InChI is InChI=1S/C12H15N3/c1-12(2)10(11(12)13)8-7-15-6-4-3-5-9(15)14-8/h3-7,10-11H,13H2,1-2H3. The van der Waals surface area contributed by atoms with Crippen LogP contribution in [0.4, 0.5) is 0 Å². The molecule has 3 rings (SSSR count). The van der Waals surface area contributed by atoms with E-state index in [0.29, 0.717) is 5.92 Å². The van der Waals surface area contributed by atoms with Gasteiger partial charge < -0.3 is 10.1 Å². The summed E-state index contributed by atoms with van der Waals surface area (Å²) in [6, 6.07) is 6.28. The predicted molar refractivity (Wildman–Crippen MR) is 59.7 cm³/mol. The van der Waals surface area contributed by atoms with Crippen LogP contribution in [0.2, 0.25) is 0 Å². The second kappa shape index (κ2) is 2.61. The van der Waals surface area contributed by atoms with Crippen molar-refractivity contribution >= 4 is 5.65 Å². The Morgan fingerprint density at radius 3 is 2.73 bits per heavy atom. The van der Waals surface area contributed by atoms with Crippen molar-refractivity contribution in [3.05, 3.63) is 36.3 Å². The van der Waals surface area contributed by atoms with E-state index in [1.165, 1.54) is 0 Å². The minimum Gasteiger partial charge on any atom is -0.327 e. The van der Waals surface area contributed by atoms with E-state index in [0.717, 1.165) is 11.3 Å². The normalized spacial score (nSPS) is 28.2. The molecule has 2 aromatic rings. The molecule has 1 aliphatic carbocycles. The van der Waals surface area contributed by atoms with Crippen LogP contribution in [-0.4, -0.2) is 15.4 Å². The number of hydrogen-bond acceptors (Lipinski definition) is 2. The molecule has 78 valence electrons. The first-order chi connectivity index (χ1) is 7.10. The maximum absolute atomic E-state index is 6.05. The van der Waals surface area contributed by atoms with Gasteiger partial charge in [-0.25, -0.2) is 4.98 Å². The van der Waals surface area contributed by atoms with Crippen molar-refractivity contribution in [2.24, 2.45) is 11.1 Å². The Bertz CT molecular complexity index is 479. The van der Waals surface area contributed by atoms with Gasteiger partial charge in [0.25, 0.3) is 0 Å². The van der Waals surface area contributed by atoms with Gasteiger partial charge in [0, 0.05) is 24.4 Å². The summed E-state index contributed by atoms with van der Waals surface area (Å²) in [4.78, 5) is 4.60. The lowest BCUT2D eigenvalue weighted by atomic mass is 10.1. The number of imidazole rings is 1. The highest BCUT2D eigenvalue weighted by molar-refractivity contribution is 5.42. The van der Waals surface area contributed by atoms with Crippen LogP contribution < -0.4 is 5.73 Å². The van der Waals surface area contributed by atoms with Gasteiger partial charge in [-0.1, -0.05) is 19.9 Å². The third-order valence-corrected chi connectivity index (χ3v) is 3.61. The molecule has 3 nitrogen and oxygen atoms in total. The van der Waals surface area contributed by atoms with Crippen molar-refractivity contribution < 1.29 is 0 Å². The van der Waals surface area contributed by atoms with E-state index in [9.17, 15) is 0 Å². The van der Waals surface area contributed by atoms with Gasteiger partial charge in [-0.15, -0.1) is 0 Å². The Morgan fingerprint density at radius 1 is 1.40 bits per heavy atom. The summed E-state index contributed by atoms with van der Waals surface area (Å²) < 4.78 is 2.05. The quantitative estimate of drug-likeness (QED) is 0.764. The molecule has 2 atom stereocenters. The Hall–Kier alpha value is -1.35. The average molecular weight is 201 g/mol. The van der Waals surface area contributed by atoms with Gasteiger partial charge >= 0.3 is 0 Å². The van der Waals surface area contributed by atoms with Crippen LogP contribution in [0.3, 0.4) is 0 Å². The number of nitrogens with two attached hydrogens (primary N) is 1. The van der Waals surface area contributed by atoms with Crippen molar-refractivity contribution in [3.8, 4) is 0 Å². The molecule has 0 saturated heterocycles. The van der Waals surface area contributed by atoms with E-state index in [1.807, 2.05) is 24.4 Å². The van der Waals surface area contributed by atoms with Gasteiger partial charge in [0.2, 0.25) is 0 Å². The SMILES string of the molecule is CC1(C)C(N)C1c1cn2ccccc2n1. The maximum atomic E-state index is 6.05. The van der Waals surface area contributed by atoms with Crippen molar-refractivity contribution in [1.29, 1.82) is 0 Å². The molecular weight excluding hydrogens is 186 g/mol. The van der Waals surface area contributed by atoms with Gasteiger partial charge in [0.1, 0.15) is 5.65 Å². The molecule has 0 aliphatic heterocycles. The first kappa shape index (κ1) is 8.92. The molecule has 0 amide bonds. The average Bonchev–Trinajstić information content (AvgIpc) is 2.61. The highest BCUT2D eigenvalue weighted by Gasteiger charge is 2.57. The second-order valence-electron chi connectivity index (χ2n) is 4.96. The van der Waals surface area contributed by atoms with Crippen LogP contribution in [0.25, 0.3) is 5.65 Å². The van der Waals surface area contributed by atoms with Crippen molar-refractivity contribution in [1.82, 2.24) is 9.38 Å². The van der Waals surface area contributed by atoms with Crippen LogP contribution in [0.15, 0.2) is 30.6 Å². The summed E-state index contributed by atoms with van der Waals surface area (Å²) in [5.41, 5.74) is 8.38. The van der Waals surface area contributed by atoms with Gasteiger partial charge in [-0.2, -0.15) is 0 Å².